The molecule has 0 aromatic heterocycles. The van der Waals surface area contributed by atoms with E-state index in [1.54, 1.807) is 12.1 Å². The van der Waals surface area contributed by atoms with Crippen LogP contribution in [0.4, 0.5) is 5.69 Å². The average molecular weight is 343 g/mol. The summed E-state index contributed by atoms with van der Waals surface area (Å²) in [5, 5.41) is 3.35. The third-order valence-corrected chi connectivity index (χ3v) is 4.42. The fraction of sp³-hybridized carbons (Fsp3) is 0.263. The SMILES string of the molecule is Cc1ccc(NC(=O)c2cccc(CN3CCCC3=O)c2)c(Cl)c1. The number of likely N-dealkylation sites (tertiary alicyclic amines) is 1. The van der Waals surface area contributed by atoms with Gasteiger partial charge in [-0.25, -0.2) is 0 Å². The van der Waals surface area contributed by atoms with Gasteiger partial charge in [0.25, 0.3) is 5.91 Å². The monoisotopic (exact) mass is 342 g/mol. The van der Waals surface area contributed by atoms with Crippen LogP contribution in [0.25, 0.3) is 0 Å². The van der Waals surface area contributed by atoms with Gasteiger partial charge in [-0.3, -0.25) is 9.59 Å². The van der Waals surface area contributed by atoms with E-state index in [0.717, 1.165) is 24.1 Å². The van der Waals surface area contributed by atoms with Gasteiger partial charge in [0, 0.05) is 25.1 Å². The highest BCUT2D eigenvalue weighted by atomic mass is 35.5. The Morgan fingerprint density at radius 2 is 2.08 bits per heavy atom. The Morgan fingerprint density at radius 3 is 2.79 bits per heavy atom. The van der Waals surface area contributed by atoms with Crippen LogP contribution >= 0.6 is 11.6 Å². The summed E-state index contributed by atoms with van der Waals surface area (Å²) in [6.45, 7) is 3.28. The van der Waals surface area contributed by atoms with Crippen molar-refractivity contribution in [1.82, 2.24) is 4.90 Å². The largest absolute Gasteiger partial charge is 0.338 e. The summed E-state index contributed by atoms with van der Waals surface area (Å²) >= 11 is 6.16. The Balaban J connectivity index is 1.73. The molecule has 0 spiro atoms. The van der Waals surface area contributed by atoms with E-state index < -0.39 is 0 Å². The van der Waals surface area contributed by atoms with Crippen LogP contribution in [0.15, 0.2) is 42.5 Å². The van der Waals surface area contributed by atoms with Crippen LogP contribution in [0.1, 0.15) is 34.3 Å². The zero-order valence-electron chi connectivity index (χ0n) is 13.5. The Morgan fingerprint density at radius 1 is 1.25 bits per heavy atom. The van der Waals surface area contributed by atoms with Gasteiger partial charge in [-0.15, -0.1) is 0 Å². The Labute approximate surface area is 146 Å². The number of rotatable bonds is 4. The molecule has 0 aliphatic carbocycles. The molecule has 1 aliphatic rings. The predicted octanol–water partition coefficient (Wildman–Crippen LogP) is 4.02. The molecule has 0 saturated carbocycles. The summed E-state index contributed by atoms with van der Waals surface area (Å²) in [7, 11) is 0. The minimum Gasteiger partial charge on any atom is -0.338 e. The Kier molecular flexibility index (Phi) is 4.86. The number of halogens is 1. The number of nitrogens with zero attached hydrogens (tertiary/aromatic N) is 1. The molecule has 3 rings (SSSR count). The minimum absolute atomic E-state index is 0.177. The first kappa shape index (κ1) is 16.5. The van der Waals surface area contributed by atoms with Gasteiger partial charge in [-0.1, -0.05) is 29.8 Å². The van der Waals surface area contributed by atoms with Gasteiger partial charge < -0.3 is 10.2 Å². The zero-order valence-corrected chi connectivity index (χ0v) is 14.3. The van der Waals surface area contributed by atoms with E-state index >= 15 is 0 Å². The van der Waals surface area contributed by atoms with E-state index in [9.17, 15) is 9.59 Å². The quantitative estimate of drug-likeness (QED) is 0.912. The van der Waals surface area contributed by atoms with E-state index in [0.29, 0.717) is 29.2 Å². The van der Waals surface area contributed by atoms with Crippen molar-refractivity contribution in [2.24, 2.45) is 0 Å². The third kappa shape index (κ3) is 3.77. The molecular formula is C19H19ClN2O2. The van der Waals surface area contributed by atoms with Crippen molar-refractivity contribution in [3.05, 3.63) is 64.2 Å². The molecule has 0 radical (unpaired) electrons. The second kappa shape index (κ2) is 7.05. The zero-order chi connectivity index (χ0) is 17.1. The van der Waals surface area contributed by atoms with E-state index in [-0.39, 0.29) is 11.8 Å². The number of benzene rings is 2. The van der Waals surface area contributed by atoms with Crippen LogP contribution in [-0.2, 0) is 11.3 Å². The number of aryl methyl sites for hydroxylation is 1. The number of nitrogens with one attached hydrogen (secondary N) is 1. The lowest BCUT2D eigenvalue weighted by Crippen LogP contribution is -2.24. The van der Waals surface area contributed by atoms with Crippen molar-refractivity contribution >= 4 is 29.1 Å². The molecule has 0 bridgehead atoms. The fourth-order valence-corrected chi connectivity index (χ4v) is 3.10. The molecule has 2 aromatic rings. The summed E-state index contributed by atoms with van der Waals surface area (Å²) in [6, 6.07) is 12.9. The lowest BCUT2D eigenvalue weighted by atomic mass is 10.1. The molecule has 24 heavy (non-hydrogen) atoms. The fourth-order valence-electron chi connectivity index (χ4n) is 2.82. The number of amides is 2. The highest BCUT2D eigenvalue weighted by Crippen LogP contribution is 2.23. The Bertz CT molecular complexity index is 789. The summed E-state index contributed by atoms with van der Waals surface area (Å²) in [4.78, 5) is 26.0. The van der Waals surface area contributed by atoms with Gasteiger partial charge in [0.2, 0.25) is 5.91 Å². The van der Waals surface area contributed by atoms with Gasteiger partial charge in [-0.2, -0.15) is 0 Å². The van der Waals surface area contributed by atoms with Crippen LogP contribution in [0.2, 0.25) is 5.02 Å². The number of carbonyl (C=O) groups excluding carboxylic acids is 2. The molecule has 0 unspecified atom stereocenters. The lowest BCUT2D eigenvalue weighted by molar-refractivity contribution is -0.128. The first-order valence-corrected chi connectivity index (χ1v) is 8.35. The molecular weight excluding hydrogens is 324 g/mol. The third-order valence-electron chi connectivity index (χ3n) is 4.11. The average Bonchev–Trinajstić information content (AvgIpc) is 2.95. The minimum atomic E-state index is -0.213. The molecule has 1 heterocycles. The molecule has 124 valence electrons. The van der Waals surface area contributed by atoms with Gasteiger partial charge >= 0.3 is 0 Å². The number of carbonyl (C=O) groups is 2. The molecule has 0 atom stereocenters. The van der Waals surface area contributed by atoms with Crippen molar-refractivity contribution in [2.45, 2.75) is 26.3 Å². The lowest BCUT2D eigenvalue weighted by Gasteiger charge is -2.16. The maximum atomic E-state index is 12.5. The molecule has 1 fully saturated rings. The standard InChI is InChI=1S/C19H19ClN2O2/c1-13-7-8-17(16(20)10-13)21-19(24)15-5-2-4-14(11-15)12-22-9-3-6-18(22)23/h2,4-5,7-8,10-11H,3,6,9,12H2,1H3,(H,21,24). The van der Waals surface area contributed by atoms with Gasteiger partial charge in [0.1, 0.15) is 0 Å². The van der Waals surface area contributed by atoms with Crippen LogP contribution in [0.5, 0.6) is 0 Å². The van der Waals surface area contributed by atoms with Gasteiger partial charge in [-0.05, 0) is 48.7 Å². The summed E-state index contributed by atoms with van der Waals surface area (Å²) in [5.41, 5.74) is 3.13. The number of anilines is 1. The van der Waals surface area contributed by atoms with E-state index in [2.05, 4.69) is 5.32 Å². The summed E-state index contributed by atoms with van der Waals surface area (Å²) in [6.07, 6.45) is 1.52. The van der Waals surface area contributed by atoms with Gasteiger partial charge in [0.05, 0.1) is 10.7 Å². The van der Waals surface area contributed by atoms with Crippen molar-refractivity contribution in [3.8, 4) is 0 Å². The molecule has 2 aromatic carbocycles. The van der Waals surface area contributed by atoms with Gasteiger partial charge in [0.15, 0.2) is 0 Å². The van der Waals surface area contributed by atoms with Crippen molar-refractivity contribution in [3.63, 3.8) is 0 Å². The second-order valence-electron chi connectivity index (χ2n) is 6.06. The molecule has 2 amide bonds. The summed E-state index contributed by atoms with van der Waals surface area (Å²) in [5.74, 6) is -0.0355. The van der Waals surface area contributed by atoms with Crippen molar-refractivity contribution in [1.29, 1.82) is 0 Å². The molecule has 4 nitrogen and oxygen atoms in total. The molecule has 5 heteroatoms. The summed E-state index contributed by atoms with van der Waals surface area (Å²) < 4.78 is 0. The first-order valence-electron chi connectivity index (χ1n) is 7.97. The smallest absolute Gasteiger partial charge is 0.255 e. The van der Waals surface area contributed by atoms with E-state index in [4.69, 9.17) is 11.6 Å². The number of hydrogen-bond donors (Lipinski definition) is 1. The highest BCUT2D eigenvalue weighted by Gasteiger charge is 2.20. The molecule has 1 saturated heterocycles. The number of hydrogen-bond acceptors (Lipinski definition) is 2. The second-order valence-corrected chi connectivity index (χ2v) is 6.46. The first-order chi connectivity index (χ1) is 11.5. The van der Waals surface area contributed by atoms with Crippen LogP contribution in [-0.4, -0.2) is 23.3 Å². The highest BCUT2D eigenvalue weighted by molar-refractivity contribution is 6.34. The maximum absolute atomic E-state index is 12.5. The topological polar surface area (TPSA) is 49.4 Å². The van der Waals surface area contributed by atoms with Crippen molar-refractivity contribution < 1.29 is 9.59 Å². The normalized spacial score (nSPS) is 14.1. The predicted molar refractivity (Wildman–Crippen MR) is 95.2 cm³/mol. The molecule has 1 N–H and O–H groups in total. The molecule has 1 aliphatic heterocycles. The maximum Gasteiger partial charge on any atom is 0.255 e. The van der Waals surface area contributed by atoms with Crippen LogP contribution in [0.3, 0.4) is 0 Å². The Hall–Kier alpha value is -2.33. The van der Waals surface area contributed by atoms with E-state index in [1.807, 2.05) is 42.2 Å². The van der Waals surface area contributed by atoms with Crippen LogP contribution < -0.4 is 5.32 Å². The van der Waals surface area contributed by atoms with Crippen molar-refractivity contribution in [2.75, 3.05) is 11.9 Å². The van der Waals surface area contributed by atoms with Crippen LogP contribution in [0, 0.1) is 6.92 Å². The van der Waals surface area contributed by atoms with E-state index in [1.165, 1.54) is 0 Å².